The summed E-state index contributed by atoms with van der Waals surface area (Å²) in [5.41, 5.74) is 7.97. The van der Waals surface area contributed by atoms with E-state index in [0.717, 1.165) is 27.0 Å². The molecule has 3 nitrogen and oxygen atoms in total. The van der Waals surface area contributed by atoms with Gasteiger partial charge in [0.1, 0.15) is 16.4 Å². The molecule has 1 aromatic heterocycles. The van der Waals surface area contributed by atoms with Gasteiger partial charge in [-0.3, -0.25) is 0 Å². The number of thiazole rings is 1. The summed E-state index contributed by atoms with van der Waals surface area (Å²) in [6, 6.07) is 7.94. The maximum atomic E-state index is 6.05. The largest absolute Gasteiger partial charge is 0.491 e. The number of nitrogens with two attached hydrogens (primary N) is 1. The number of rotatable bonds is 4. The van der Waals surface area contributed by atoms with E-state index in [2.05, 4.69) is 18.8 Å². The molecule has 2 N–H and O–H groups in total. The molecule has 0 unspecified atom stereocenters. The van der Waals surface area contributed by atoms with Crippen molar-refractivity contribution in [2.45, 2.75) is 39.7 Å². The quantitative estimate of drug-likeness (QED) is 0.905. The minimum absolute atomic E-state index is 0.183. The molecular weight excluding hydrogens is 256 g/mol. The van der Waals surface area contributed by atoms with Gasteiger partial charge in [0, 0.05) is 11.5 Å². The van der Waals surface area contributed by atoms with Gasteiger partial charge < -0.3 is 10.5 Å². The average molecular weight is 276 g/mol. The predicted octanol–water partition coefficient (Wildman–Crippen LogP) is 4.30. The van der Waals surface area contributed by atoms with E-state index in [9.17, 15) is 0 Å². The van der Waals surface area contributed by atoms with Gasteiger partial charge in [-0.2, -0.15) is 0 Å². The van der Waals surface area contributed by atoms with Crippen LogP contribution < -0.4 is 10.5 Å². The maximum absolute atomic E-state index is 6.05. The zero-order valence-corrected chi connectivity index (χ0v) is 12.6. The van der Waals surface area contributed by atoms with Crippen LogP contribution in [-0.2, 0) is 0 Å². The molecule has 2 rings (SSSR count). The summed E-state index contributed by atoms with van der Waals surface area (Å²) in [6.07, 6.45) is 0.183. The summed E-state index contributed by atoms with van der Waals surface area (Å²) in [6.45, 7) is 8.28. The lowest BCUT2D eigenvalue weighted by Crippen LogP contribution is -2.05. The van der Waals surface area contributed by atoms with Gasteiger partial charge in [0.2, 0.25) is 0 Å². The lowest BCUT2D eigenvalue weighted by molar-refractivity contribution is 0.242. The van der Waals surface area contributed by atoms with Gasteiger partial charge in [-0.1, -0.05) is 13.8 Å². The Hall–Kier alpha value is -1.55. The van der Waals surface area contributed by atoms with E-state index in [1.807, 2.05) is 38.1 Å². The second-order valence-electron chi connectivity index (χ2n) is 5.11. The molecule has 102 valence electrons. The third-order valence-electron chi connectivity index (χ3n) is 2.66. The van der Waals surface area contributed by atoms with Gasteiger partial charge >= 0.3 is 0 Å². The van der Waals surface area contributed by atoms with Crippen molar-refractivity contribution in [2.75, 3.05) is 5.73 Å². The number of hydrogen-bond acceptors (Lipinski definition) is 4. The van der Waals surface area contributed by atoms with Crippen molar-refractivity contribution in [1.29, 1.82) is 0 Å². The Morgan fingerprint density at radius 1 is 1.11 bits per heavy atom. The predicted molar refractivity (Wildman–Crippen MR) is 81.8 cm³/mol. The van der Waals surface area contributed by atoms with Crippen molar-refractivity contribution in [3.8, 4) is 17.0 Å². The molecule has 19 heavy (non-hydrogen) atoms. The third kappa shape index (κ3) is 3.26. The molecule has 0 bridgehead atoms. The first-order chi connectivity index (χ1) is 8.97. The maximum Gasteiger partial charge on any atom is 0.119 e. The van der Waals surface area contributed by atoms with Crippen molar-refractivity contribution in [2.24, 2.45) is 0 Å². The standard InChI is InChI=1S/C15H20N2OS/c1-9(2)15-17-13(14(16)19-15)11-5-7-12(8-6-11)18-10(3)4/h5-10H,16H2,1-4H3. The number of hydrogen-bond donors (Lipinski definition) is 1. The molecule has 0 fully saturated rings. The summed E-state index contributed by atoms with van der Waals surface area (Å²) in [4.78, 5) is 4.62. The second kappa shape index (κ2) is 5.61. The highest BCUT2D eigenvalue weighted by Crippen LogP contribution is 2.34. The van der Waals surface area contributed by atoms with Crippen LogP contribution in [-0.4, -0.2) is 11.1 Å². The Labute approximate surface area is 118 Å². The molecule has 0 spiro atoms. The van der Waals surface area contributed by atoms with E-state index in [1.54, 1.807) is 11.3 Å². The van der Waals surface area contributed by atoms with Crippen molar-refractivity contribution >= 4 is 16.3 Å². The Morgan fingerprint density at radius 3 is 2.21 bits per heavy atom. The number of aromatic nitrogens is 1. The van der Waals surface area contributed by atoms with Crippen LogP contribution in [0.15, 0.2) is 24.3 Å². The van der Waals surface area contributed by atoms with Crippen LogP contribution in [0.4, 0.5) is 5.00 Å². The molecule has 0 saturated carbocycles. The number of nitrogens with zero attached hydrogens (tertiary/aromatic N) is 1. The van der Waals surface area contributed by atoms with Gasteiger partial charge in [0.25, 0.3) is 0 Å². The highest BCUT2D eigenvalue weighted by Gasteiger charge is 2.12. The van der Waals surface area contributed by atoms with Crippen molar-refractivity contribution in [1.82, 2.24) is 4.98 Å². The van der Waals surface area contributed by atoms with Crippen LogP contribution in [0.5, 0.6) is 5.75 Å². The molecule has 0 aliphatic rings. The smallest absolute Gasteiger partial charge is 0.119 e. The summed E-state index contributed by atoms with van der Waals surface area (Å²) in [7, 11) is 0. The zero-order chi connectivity index (χ0) is 14.0. The van der Waals surface area contributed by atoms with Crippen LogP contribution in [0.25, 0.3) is 11.3 Å². The number of ether oxygens (including phenoxy) is 1. The van der Waals surface area contributed by atoms with E-state index in [4.69, 9.17) is 10.5 Å². The SMILES string of the molecule is CC(C)Oc1ccc(-c2nc(C(C)C)sc2N)cc1. The number of anilines is 1. The topological polar surface area (TPSA) is 48.1 Å². The Morgan fingerprint density at radius 2 is 1.74 bits per heavy atom. The molecule has 1 aromatic carbocycles. The van der Waals surface area contributed by atoms with E-state index >= 15 is 0 Å². The highest BCUT2D eigenvalue weighted by molar-refractivity contribution is 7.16. The Balaban J connectivity index is 2.27. The minimum atomic E-state index is 0.183. The van der Waals surface area contributed by atoms with Crippen molar-refractivity contribution in [3.63, 3.8) is 0 Å². The van der Waals surface area contributed by atoms with Crippen LogP contribution in [0.2, 0.25) is 0 Å². The molecule has 0 aliphatic carbocycles. The molecule has 0 amide bonds. The van der Waals surface area contributed by atoms with Crippen LogP contribution in [0.3, 0.4) is 0 Å². The molecule has 1 heterocycles. The number of nitrogen functional groups attached to an aromatic ring is 1. The molecule has 0 radical (unpaired) electrons. The molecular formula is C15H20N2OS. The number of benzene rings is 1. The van der Waals surface area contributed by atoms with Gasteiger partial charge in [-0.05, 0) is 38.1 Å². The average Bonchev–Trinajstić information content (AvgIpc) is 2.72. The highest BCUT2D eigenvalue weighted by atomic mass is 32.1. The van der Waals surface area contributed by atoms with E-state index in [0.29, 0.717) is 5.92 Å². The normalized spacial score (nSPS) is 11.3. The van der Waals surface area contributed by atoms with Gasteiger partial charge in [0.15, 0.2) is 0 Å². The summed E-state index contributed by atoms with van der Waals surface area (Å²) < 4.78 is 5.63. The van der Waals surface area contributed by atoms with Crippen molar-refractivity contribution < 1.29 is 4.74 Å². The summed E-state index contributed by atoms with van der Waals surface area (Å²) in [5.74, 6) is 1.28. The van der Waals surface area contributed by atoms with E-state index in [1.165, 1.54) is 0 Å². The lowest BCUT2D eigenvalue weighted by Gasteiger charge is -2.09. The summed E-state index contributed by atoms with van der Waals surface area (Å²) in [5, 5.41) is 1.86. The second-order valence-corrected chi connectivity index (χ2v) is 6.17. The molecule has 2 aromatic rings. The van der Waals surface area contributed by atoms with Crippen LogP contribution >= 0.6 is 11.3 Å². The first kappa shape index (κ1) is 13.9. The fraction of sp³-hybridized carbons (Fsp3) is 0.400. The van der Waals surface area contributed by atoms with E-state index in [-0.39, 0.29) is 6.10 Å². The fourth-order valence-corrected chi connectivity index (χ4v) is 2.62. The Kier molecular flexibility index (Phi) is 4.10. The van der Waals surface area contributed by atoms with Gasteiger partial charge in [-0.25, -0.2) is 4.98 Å². The molecule has 0 aliphatic heterocycles. The van der Waals surface area contributed by atoms with E-state index < -0.39 is 0 Å². The van der Waals surface area contributed by atoms with Crippen LogP contribution in [0.1, 0.15) is 38.6 Å². The monoisotopic (exact) mass is 276 g/mol. The van der Waals surface area contributed by atoms with Crippen LogP contribution in [0, 0.1) is 0 Å². The molecule has 4 heteroatoms. The molecule has 0 saturated heterocycles. The lowest BCUT2D eigenvalue weighted by atomic mass is 10.1. The Bertz CT molecular complexity index is 544. The first-order valence-corrected chi connectivity index (χ1v) is 7.32. The molecule has 0 atom stereocenters. The van der Waals surface area contributed by atoms with Gasteiger partial charge in [0.05, 0.1) is 11.1 Å². The van der Waals surface area contributed by atoms with Crippen molar-refractivity contribution in [3.05, 3.63) is 29.3 Å². The first-order valence-electron chi connectivity index (χ1n) is 6.50. The fourth-order valence-electron chi connectivity index (χ4n) is 1.77. The minimum Gasteiger partial charge on any atom is -0.491 e. The van der Waals surface area contributed by atoms with Gasteiger partial charge in [-0.15, -0.1) is 11.3 Å². The zero-order valence-electron chi connectivity index (χ0n) is 11.8. The third-order valence-corrected chi connectivity index (χ3v) is 3.85. The summed E-state index contributed by atoms with van der Waals surface area (Å²) >= 11 is 1.57.